The zero-order valence-electron chi connectivity index (χ0n) is 9.77. The Morgan fingerprint density at radius 3 is 1.35 bits per heavy atom. The molecule has 2 aromatic carbocycles. The van der Waals surface area contributed by atoms with E-state index in [-0.39, 0.29) is 35.5 Å². The molecule has 0 aliphatic heterocycles. The molecule has 2 aromatic rings. The Kier molecular flexibility index (Phi) is 7.05. The molecule has 0 saturated carbocycles. The zero-order valence-corrected chi connectivity index (χ0v) is 12.9. The van der Waals surface area contributed by atoms with Gasteiger partial charge in [-0.2, -0.15) is 0 Å². The van der Waals surface area contributed by atoms with E-state index in [1.165, 1.54) is 0 Å². The molecule has 2 rings (SSSR count). The molecule has 0 heterocycles. The summed E-state index contributed by atoms with van der Waals surface area (Å²) < 4.78 is 0. The predicted molar refractivity (Wildman–Crippen MR) is 69.5 cm³/mol. The topological polar surface area (TPSA) is 23.1 Å². The van der Waals surface area contributed by atoms with Gasteiger partial charge in [-0.15, -0.1) is 0 Å². The van der Waals surface area contributed by atoms with E-state index in [9.17, 15) is 4.80 Å². The molecule has 1 nitrogen and oxygen atoms in total. The average Bonchev–Trinajstić information content (AvgIpc) is 2.31. The Hall–Kier alpha value is -0.327. The molecule has 0 aliphatic carbocycles. The van der Waals surface area contributed by atoms with Crippen LogP contribution in [0.2, 0.25) is 6.55 Å². The second-order valence-corrected chi connectivity index (χ2v) is 6.99. The molecule has 0 N–H and O–H groups in total. The molecule has 0 fully saturated rings. The van der Waals surface area contributed by atoms with Gasteiger partial charge in [-0.05, 0) is 0 Å². The van der Waals surface area contributed by atoms with E-state index < -0.39 is 8.32 Å². The Balaban J connectivity index is 0.00000128. The second kappa shape index (κ2) is 7.18. The third-order valence-corrected chi connectivity index (χ3v) is 5.52. The molecule has 0 saturated heterocycles. The van der Waals surface area contributed by atoms with Crippen LogP contribution in [0.5, 0.6) is 0 Å². The van der Waals surface area contributed by atoms with E-state index in [1.807, 2.05) is 67.2 Å². The van der Waals surface area contributed by atoms with Crippen LogP contribution in [0.15, 0.2) is 60.7 Å². The van der Waals surface area contributed by atoms with Gasteiger partial charge in [0.05, 0.1) is 0 Å². The van der Waals surface area contributed by atoms with Crippen molar-refractivity contribution in [1.29, 1.82) is 0 Å². The predicted octanol–water partition coefficient (Wildman–Crippen LogP) is -2.64. The summed E-state index contributed by atoms with van der Waals surface area (Å²) in [6.45, 7) is 1.84. The van der Waals surface area contributed by atoms with Gasteiger partial charge in [0.2, 0.25) is 0 Å². The largest absolute Gasteiger partial charge is 2.00 e. The van der Waals surface area contributed by atoms with Gasteiger partial charge in [-0.25, -0.2) is 0 Å². The summed E-state index contributed by atoms with van der Waals surface area (Å²) in [6, 6.07) is 19.4. The maximum Gasteiger partial charge on any atom is 2.00 e. The summed E-state index contributed by atoms with van der Waals surface area (Å²) >= 11 is 0. The van der Waals surface area contributed by atoms with Crippen LogP contribution < -0.4 is 27.6 Å². The summed E-state index contributed by atoms with van der Waals surface area (Å²) in [6.07, 6.45) is 0. The van der Waals surface area contributed by atoms with Crippen LogP contribution in [0.1, 0.15) is 0 Å². The van der Waals surface area contributed by atoms with Gasteiger partial charge in [0.1, 0.15) is 0 Å². The molecular formula is C13H13ClMgOSi. The van der Waals surface area contributed by atoms with E-state index in [4.69, 9.17) is 0 Å². The van der Waals surface area contributed by atoms with E-state index in [1.54, 1.807) is 0 Å². The third kappa shape index (κ3) is 3.83. The first kappa shape index (κ1) is 16.7. The Labute approximate surface area is 126 Å². The van der Waals surface area contributed by atoms with Gasteiger partial charge < -0.3 is 17.2 Å². The van der Waals surface area contributed by atoms with Crippen molar-refractivity contribution in [2.24, 2.45) is 0 Å². The molecule has 0 radical (unpaired) electrons. The summed E-state index contributed by atoms with van der Waals surface area (Å²) in [7, 11) is -2.71. The molecule has 84 valence electrons. The van der Waals surface area contributed by atoms with Gasteiger partial charge in [0.25, 0.3) is 0 Å². The molecule has 0 unspecified atom stereocenters. The molecule has 4 heteroatoms. The first-order valence-electron chi connectivity index (χ1n) is 5.03. The van der Waals surface area contributed by atoms with Crippen molar-refractivity contribution < 1.29 is 17.2 Å². The van der Waals surface area contributed by atoms with Gasteiger partial charge in [0, 0.05) is 8.32 Å². The Morgan fingerprint density at radius 2 is 1.06 bits per heavy atom. The number of hydrogen-bond acceptors (Lipinski definition) is 1. The van der Waals surface area contributed by atoms with Crippen molar-refractivity contribution in [2.75, 3.05) is 0 Å². The first-order chi connectivity index (χ1) is 7.21. The second-order valence-electron chi connectivity index (χ2n) is 3.77. The fourth-order valence-electron chi connectivity index (χ4n) is 1.68. The normalized spacial score (nSPS) is 10.0. The molecule has 0 atom stereocenters. The van der Waals surface area contributed by atoms with Crippen LogP contribution in [0, 0.1) is 0 Å². The molecule has 0 bridgehead atoms. The first-order valence-corrected chi connectivity index (χ1v) is 7.43. The van der Waals surface area contributed by atoms with Crippen LogP contribution >= 0.6 is 0 Å². The van der Waals surface area contributed by atoms with Crippen molar-refractivity contribution in [3.05, 3.63) is 60.7 Å². The number of rotatable bonds is 2. The number of benzene rings is 2. The van der Waals surface area contributed by atoms with E-state index in [0.717, 1.165) is 10.4 Å². The maximum atomic E-state index is 12.6. The molecule has 0 amide bonds. The van der Waals surface area contributed by atoms with Crippen LogP contribution in [-0.4, -0.2) is 31.4 Å². The average molecular weight is 273 g/mol. The standard InChI is InChI=1S/C13H13OSi.ClH.Mg/c1-15(14,12-8-4-2-5-9-12)13-10-6-3-7-11-13;;/h2-11H,1H3;1H;/q-1;;+2/p-1. The Morgan fingerprint density at radius 1 is 0.765 bits per heavy atom. The minimum Gasteiger partial charge on any atom is -1.00 e. The molecule has 0 aromatic heterocycles. The van der Waals surface area contributed by atoms with Gasteiger partial charge >= 0.3 is 23.1 Å². The van der Waals surface area contributed by atoms with E-state index >= 15 is 0 Å². The maximum absolute atomic E-state index is 12.6. The van der Waals surface area contributed by atoms with Gasteiger partial charge in [-0.3, -0.25) is 0 Å². The molecule has 0 spiro atoms. The van der Waals surface area contributed by atoms with Crippen LogP contribution in [0.25, 0.3) is 0 Å². The van der Waals surface area contributed by atoms with Crippen molar-refractivity contribution >= 4 is 41.7 Å². The summed E-state index contributed by atoms with van der Waals surface area (Å²) in [5.41, 5.74) is 0. The van der Waals surface area contributed by atoms with E-state index in [0.29, 0.717) is 0 Å². The third-order valence-electron chi connectivity index (χ3n) is 2.65. The summed E-state index contributed by atoms with van der Waals surface area (Å²) in [5, 5.41) is 1.88. The number of halogens is 1. The minimum atomic E-state index is -2.71. The summed E-state index contributed by atoms with van der Waals surface area (Å²) in [4.78, 5) is 12.6. The van der Waals surface area contributed by atoms with Crippen molar-refractivity contribution in [1.82, 2.24) is 0 Å². The fourth-order valence-corrected chi connectivity index (χ4v) is 3.67. The van der Waals surface area contributed by atoms with Crippen molar-refractivity contribution in [3.63, 3.8) is 0 Å². The van der Waals surface area contributed by atoms with Crippen LogP contribution in [0.3, 0.4) is 0 Å². The molecule has 17 heavy (non-hydrogen) atoms. The quantitative estimate of drug-likeness (QED) is 0.549. The zero-order chi connectivity index (χ0) is 10.7. The molecular weight excluding hydrogens is 260 g/mol. The summed E-state index contributed by atoms with van der Waals surface area (Å²) in [5.74, 6) is 0. The van der Waals surface area contributed by atoms with Gasteiger partial charge in [-0.1, -0.05) is 77.6 Å². The van der Waals surface area contributed by atoms with Crippen LogP contribution in [0.4, 0.5) is 0 Å². The Bertz CT molecular complexity index is 392. The SMILES string of the molecule is C[Si]([O-])(c1ccccc1)c1ccccc1.[Cl-].[Mg+2]. The smallest absolute Gasteiger partial charge is 1.00 e. The fraction of sp³-hybridized carbons (Fsp3) is 0.0769. The minimum absolute atomic E-state index is 0. The monoisotopic (exact) mass is 272 g/mol. The van der Waals surface area contributed by atoms with Crippen molar-refractivity contribution in [3.8, 4) is 0 Å². The number of hydrogen-bond donors (Lipinski definition) is 0. The molecule has 0 aliphatic rings. The van der Waals surface area contributed by atoms with Crippen molar-refractivity contribution in [2.45, 2.75) is 6.55 Å². The van der Waals surface area contributed by atoms with Gasteiger partial charge in [0.15, 0.2) is 0 Å². The van der Waals surface area contributed by atoms with E-state index in [2.05, 4.69) is 0 Å². The van der Waals surface area contributed by atoms with Crippen LogP contribution in [-0.2, 0) is 0 Å².